The number of anilines is 1. The molecule has 1 aromatic heterocycles. The third kappa shape index (κ3) is 2.71. The van der Waals surface area contributed by atoms with Gasteiger partial charge in [-0.2, -0.15) is 0 Å². The number of rotatable bonds is 2. The summed E-state index contributed by atoms with van der Waals surface area (Å²) in [5.41, 5.74) is 0.856. The molecule has 1 aliphatic heterocycles. The van der Waals surface area contributed by atoms with Crippen LogP contribution in [0.4, 0.5) is 5.82 Å². The molecule has 0 aliphatic carbocycles. The van der Waals surface area contributed by atoms with E-state index in [4.69, 9.17) is 4.74 Å². The van der Waals surface area contributed by atoms with Crippen LogP contribution < -0.4 is 4.90 Å². The molecule has 2 heterocycles. The Labute approximate surface area is 95.9 Å². The van der Waals surface area contributed by atoms with Gasteiger partial charge in [-0.1, -0.05) is 6.07 Å². The van der Waals surface area contributed by atoms with Gasteiger partial charge in [-0.3, -0.25) is 0 Å². The molecule has 2 rings (SSSR count). The van der Waals surface area contributed by atoms with Gasteiger partial charge in [0.05, 0.1) is 12.7 Å². The van der Waals surface area contributed by atoms with Crippen LogP contribution in [0, 0.1) is 0 Å². The summed E-state index contributed by atoms with van der Waals surface area (Å²) in [4.78, 5) is 6.60. The molecule has 0 saturated carbocycles. The second-order valence-electron chi connectivity index (χ2n) is 4.08. The van der Waals surface area contributed by atoms with Crippen LogP contribution in [-0.4, -0.2) is 36.4 Å². The van der Waals surface area contributed by atoms with Gasteiger partial charge < -0.3 is 14.7 Å². The van der Waals surface area contributed by atoms with Crippen molar-refractivity contribution in [3.05, 3.63) is 23.9 Å². The predicted molar refractivity (Wildman–Crippen MR) is 62.5 cm³/mol. The van der Waals surface area contributed by atoms with Crippen molar-refractivity contribution in [1.82, 2.24) is 4.98 Å². The van der Waals surface area contributed by atoms with Gasteiger partial charge in [-0.15, -0.1) is 0 Å². The Balaban J connectivity index is 2.07. The molecular weight excluding hydrogens is 204 g/mol. The Morgan fingerprint density at radius 3 is 2.94 bits per heavy atom. The average Bonchev–Trinajstić information content (AvgIpc) is 2.57. The smallest absolute Gasteiger partial charge is 0.128 e. The Kier molecular flexibility index (Phi) is 3.74. The molecule has 1 atom stereocenters. The number of aromatic nitrogens is 1. The highest BCUT2D eigenvalue weighted by molar-refractivity contribution is 5.39. The van der Waals surface area contributed by atoms with Crippen LogP contribution in [0.5, 0.6) is 0 Å². The van der Waals surface area contributed by atoms with E-state index in [9.17, 15) is 5.11 Å². The van der Waals surface area contributed by atoms with Crippen LogP contribution in [-0.2, 0) is 4.74 Å². The summed E-state index contributed by atoms with van der Waals surface area (Å²) >= 11 is 0. The summed E-state index contributed by atoms with van der Waals surface area (Å²) in [6, 6.07) is 3.89. The molecule has 0 radical (unpaired) electrons. The van der Waals surface area contributed by atoms with E-state index in [-0.39, 0.29) is 0 Å². The number of hydrogen-bond acceptors (Lipinski definition) is 4. The fourth-order valence-corrected chi connectivity index (χ4v) is 1.81. The molecular formula is C12H18N2O2. The second-order valence-corrected chi connectivity index (χ2v) is 4.08. The number of nitrogens with zero attached hydrogens (tertiary/aromatic N) is 2. The van der Waals surface area contributed by atoms with Gasteiger partial charge in [0.15, 0.2) is 0 Å². The molecule has 0 bridgehead atoms. The summed E-state index contributed by atoms with van der Waals surface area (Å²) in [6.07, 6.45) is 2.33. The van der Waals surface area contributed by atoms with Crippen LogP contribution in [0.3, 0.4) is 0 Å². The average molecular weight is 222 g/mol. The van der Waals surface area contributed by atoms with Crippen LogP contribution >= 0.6 is 0 Å². The number of ether oxygens (including phenoxy) is 1. The summed E-state index contributed by atoms with van der Waals surface area (Å²) in [6.45, 7) is 5.22. The normalized spacial score (nSPS) is 19.2. The molecule has 4 heteroatoms. The fourth-order valence-electron chi connectivity index (χ4n) is 1.81. The van der Waals surface area contributed by atoms with Crippen molar-refractivity contribution in [3.63, 3.8) is 0 Å². The monoisotopic (exact) mass is 222 g/mol. The van der Waals surface area contributed by atoms with Crippen molar-refractivity contribution in [2.24, 2.45) is 0 Å². The second kappa shape index (κ2) is 5.27. The minimum absolute atomic E-state index is 0.450. The molecule has 1 N–H and O–H groups in total. The minimum atomic E-state index is -0.450. The Bertz CT molecular complexity index is 316. The van der Waals surface area contributed by atoms with Gasteiger partial charge in [0.2, 0.25) is 0 Å². The quantitative estimate of drug-likeness (QED) is 0.820. The summed E-state index contributed by atoms with van der Waals surface area (Å²) < 4.78 is 5.40. The number of hydrogen-bond donors (Lipinski definition) is 1. The van der Waals surface area contributed by atoms with Gasteiger partial charge >= 0.3 is 0 Å². The van der Waals surface area contributed by atoms with E-state index in [1.807, 2.05) is 12.1 Å². The first-order valence-corrected chi connectivity index (χ1v) is 5.74. The lowest BCUT2D eigenvalue weighted by molar-refractivity contribution is 0.152. The predicted octanol–water partition coefficient (Wildman–Crippen LogP) is 1.36. The fraction of sp³-hybridized carbons (Fsp3) is 0.583. The molecule has 1 aromatic rings. The molecule has 0 amide bonds. The Morgan fingerprint density at radius 1 is 1.38 bits per heavy atom. The maximum atomic E-state index is 9.40. The first-order valence-electron chi connectivity index (χ1n) is 5.74. The zero-order valence-corrected chi connectivity index (χ0v) is 9.59. The molecule has 88 valence electrons. The van der Waals surface area contributed by atoms with Gasteiger partial charge in [-0.05, 0) is 25.0 Å². The van der Waals surface area contributed by atoms with Gasteiger partial charge in [-0.25, -0.2) is 4.98 Å². The molecule has 1 aliphatic rings. The van der Waals surface area contributed by atoms with E-state index >= 15 is 0 Å². The standard InChI is InChI=1S/C12H18N2O2/c1-10(15)11-3-4-12(13-9-11)14-5-2-7-16-8-6-14/h3-4,9-10,15H,2,5-8H2,1H3. The lowest BCUT2D eigenvalue weighted by atomic mass is 10.2. The van der Waals surface area contributed by atoms with Crippen molar-refractivity contribution >= 4 is 5.82 Å². The highest BCUT2D eigenvalue weighted by Gasteiger charge is 2.11. The summed E-state index contributed by atoms with van der Waals surface area (Å²) in [5, 5.41) is 9.40. The lowest BCUT2D eigenvalue weighted by Gasteiger charge is -2.20. The topological polar surface area (TPSA) is 45.6 Å². The zero-order valence-electron chi connectivity index (χ0n) is 9.59. The van der Waals surface area contributed by atoms with Crippen LogP contribution in [0.1, 0.15) is 25.0 Å². The molecule has 0 spiro atoms. The van der Waals surface area contributed by atoms with E-state index in [2.05, 4.69) is 9.88 Å². The van der Waals surface area contributed by atoms with Crippen molar-refractivity contribution < 1.29 is 9.84 Å². The molecule has 1 unspecified atom stereocenters. The third-order valence-electron chi connectivity index (χ3n) is 2.80. The maximum absolute atomic E-state index is 9.40. The van der Waals surface area contributed by atoms with Crippen molar-refractivity contribution in [3.8, 4) is 0 Å². The van der Waals surface area contributed by atoms with Crippen molar-refractivity contribution in [1.29, 1.82) is 0 Å². The number of pyridine rings is 1. The summed E-state index contributed by atoms with van der Waals surface area (Å²) in [5.74, 6) is 0.968. The van der Waals surface area contributed by atoms with Gasteiger partial charge in [0.25, 0.3) is 0 Å². The van der Waals surface area contributed by atoms with Crippen LogP contribution in [0.25, 0.3) is 0 Å². The van der Waals surface area contributed by atoms with Crippen molar-refractivity contribution in [2.45, 2.75) is 19.4 Å². The lowest BCUT2D eigenvalue weighted by Crippen LogP contribution is -2.26. The largest absolute Gasteiger partial charge is 0.389 e. The molecule has 1 fully saturated rings. The molecule has 16 heavy (non-hydrogen) atoms. The number of aliphatic hydroxyl groups excluding tert-OH is 1. The van der Waals surface area contributed by atoms with E-state index in [1.54, 1.807) is 13.1 Å². The molecule has 0 aromatic carbocycles. The third-order valence-corrected chi connectivity index (χ3v) is 2.80. The van der Waals surface area contributed by atoms with Crippen molar-refractivity contribution in [2.75, 3.05) is 31.2 Å². The highest BCUT2D eigenvalue weighted by Crippen LogP contribution is 2.16. The minimum Gasteiger partial charge on any atom is -0.389 e. The molecule has 4 nitrogen and oxygen atoms in total. The number of aliphatic hydroxyl groups is 1. The van der Waals surface area contributed by atoms with E-state index in [0.29, 0.717) is 0 Å². The first kappa shape index (κ1) is 11.4. The van der Waals surface area contributed by atoms with E-state index < -0.39 is 6.10 Å². The maximum Gasteiger partial charge on any atom is 0.128 e. The van der Waals surface area contributed by atoms with Crippen LogP contribution in [0.2, 0.25) is 0 Å². The zero-order chi connectivity index (χ0) is 11.4. The SMILES string of the molecule is CC(O)c1ccc(N2CCCOCC2)nc1. The molecule has 1 saturated heterocycles. The van der Waals surface area contributed by atoms with Gasteiger partial charge in [0.1, 0.15) is 5.82 Å². The van der Waals surface area contributed by atoms with E-state index in [1.165, 1.54) is 0 Å². The highest BCUT2D eigenvalue weighted by atomic mass is 16.5. The van der Waals surface area contributed by atoms with E-state index in [0.717, 1.165) is 44.1 Å². The summed E-state index contributed by atoms with van der Waals surface area (Å²) in [7, 11) is 0. The van der Waals surface area contributed by atoms with Crippen LogP contribution in [0.15, 0.2) is 18.3 Å². The Hall–Kier alpha value is -1.13. The first-order chi connectivity index (χ1) is 7.77. The van der Waals surface area contributed by atoms with Gasteiger partial charge in [0, 0.05) is 25.9 Å². The Morgan fingerprint density at radius 2 is 2.25 bits per heavy atom.